The van der Waals surface area contributed by atoms with Crippen molar-refractivity contribution in [1.82, 2.24) is 25.3 Å². The first-order valence-electron chi connectivity index (χ1n) is 9.81. The van der Waals surface area contributed by atoms with E-state index in [2.05, 4.69) is 77.4 Å². The highest BCUT2D eigenvalue weighted by molar-refractivity contribution is 14.0. The van der Waals surface area contributed by atoms with Gasteiger partial charge in [-0.1, -0.05) is 33.2 Å². The summed E-state index contributed by atoms with van der Waals surface area (Å²) in [6.07, 6.45) is 1.71. The van der Waals surface area contributed by atoms with Gasteiger partial charge in [0.1, 0.15) is 0 Å². The molecule has 29 heavy (non-hydrogen) atoms. The maximum atomic E-state index is 5.15. The van der Waals surface area contributed by atoms with Gasteiger partial charge in [0.05, 0.1) is 0 Å². The van der Waals surface area contributed by atoms with E-state index < -0.39 is 0 Å². The van der Waals surface area contributed by atoms with E-state index in [-0.39, 0.29) is 24.0 Å². The number of aryl methyl sites for hydroxylation is 2. The normalized spacial score (nSPS) is 16.4. The maximum Gasteiger partial charge on any atom is 0.226 e. The number of piperazine rings is 1. The summed E-state index contributed by atoms with van der Waals surface area (Å²) in [5, 5.41) is 7.28. The molecule has 1 N–H and O–H groups in total. The Morgan fingerprint density at radius 1 is 1.24 bits per heavy atom. The Morgan fingerprint density at radius 3 is 2.52 bits per heavy atom. The van der Waals surface area contributed by atoms with E-state index in [0.717, 1.165) is 56.0 Å². The van der Waals surface area contributed by atoms with E-state index in [1.54, 1.807) is 0 Å². The van der Waals surface area contributed by atoms with E-state index in [1.165, 1.54) is 5.56 Å². The molecule has 2 heterocycles. The Hall–Kier alpha value is -1.20. The van der Waals surface area contributed by atoms with E-state index in [1.807, 2.05) is 14.0 Å². The largest absolute Gasteiger partial charge is 0.356 e. The van der Waals surface area contributed by atoms with Crippen LogP contribution in [0.25, 0.3) is 0 Å². The maximum absolute atomic E-state index is 5.15. The first kappa shape index (κ1) is 24.1. The average molecular weight is 577 g/mol. The number of guanidine groups is 1. The van der Waals surface area contributed by atoms with Gasteiger partial charge in [0.15, 0.2) is 11.8 Å². The molecule has 1 saturated heterocycles. The Bertz CT molecular complexity index is 774. The third-order valence-electron chi connectivity index (χ3n) is 5.15. The van der Waals surface area contributed by atoms with Crippen molar-refractivity contribution in [3.63, 3.8) is 0 Å². The number of rotatable bonds is 6. The smallest absolute Gasteiger partial charge is 0.226 e. The van der Waals surface area contributed by atoms with Crippen LogP contribution in [0.4, 0.5) is 0 Å². The molecule has 0 bridgehead atoms. The van der Waals surface area contributed by atoms with E-state index in [4.69, 9.17) is 4.52 Å². The molecule has 0 saturated carbocycles. The Labute approximate surface area is 198 Å². The number of hydrogen-bond acceptors (Lipinski definition) is 5. The van der Waals surface area contributed by atoms with Crippen LogP contribution in [0.3, 0.4) is 0 Å². The number of aromatic nitrogens is 2. The minimum atomic E-state index is 0. The lowest BCUT2D eigenvalue weighted by molar-refractivity contribution is 0.138. The Morgan fingerprint density at radius 2 is 1.93 bits per heavy atom. The highest BCUT2D eigenvalue weighted by Gasteiger charge is 2.23. The van der Waals surface area contributed by atoms with Crippen LogP contribution in [0.1, 0.15) is 36.7 Å². The van der Waals surface area contributed by atoms with Crippen molar-refractivity contribution in [2.24, 2.45) is 4.99 Å². The summed E-state index contributed by atoms with van der Waals surface area (Å²) in [6.45, 7) is 8.96. The van der Waals surface area contributed by atoms with Crippen LogP contribution in [-0.4, -0.2) is 65.7 Å². The third-order valence-corrected chi connectivity index (χ3v) is 5.67. The van der Waals surface area contributed by atoms with E-state index >= 15 is 0 Å². The number of hydrogen-bond donors (Lipinski definition) is 1. The molecule has 1 fully saturated rings. The summed E-state index contributed by atoms with van der Waals surface area (Å²) in [4.78, 5) is 13.6. The molecule has 160 valence electrons. The molecule has 1 aromatic carbocycles. The van der Waals surface area contributed by atoms with Gasteiger partial charge in [-0.15, -0.1) is 24.0 Å². The molecule has 1 aliphatic rings. The molecular weight excluding hydrogens is 547 g/mol. The molecule has 9 heteroatoms. The number of nitrogens with zero attached hydrogens (tertiary/aromatic N) is 5. The number of halogens is 2. The summed E-state index contributed by atoms with van der Waals surface area (Å²) in [5.74, 6) is 2.36. The van der Waals surface area contributed by atoms with Gasteiger partial charge >= 0.3 is 0 Å². The minimum absolute atomic E-state index is 0. The molecule has 1 aliphatic heterocycles. The zero-order chi connectivity index (χ0) is 19.9. The number of aliphatic imine (C=N–C) groups is 1. The van der Waals surface area contributed by atoms with Gasteiger partial charge in [-0.2, -0.15) is 4.98 Å². The van der Waals surface area contributed by atoms with E-state index in [0.29, 0.717) is 17.8 Å². The van der Waals surface area contributed by atoms with Gasteiger partial charge in [0, 0.05) is 56.7 Å². The highest BCUT2D eigenvalue weighted by atomic mass is 127. The third kappa shape index (κ3) is 6.92. The van der Waals surface area contributed by atoms with Crippen molar-refractivity contribution in [1.29, 1.82) is 0 Å². The second-order valence-corrected chi connectivity index (χ2v) is 7.98. The zero-order valence-electron chi connectivity index (χ0n) is 17.3. The van der Waals surface area contributed by atoms with Crippen molar-refractivity contribution >= 4 is 45.9 Å². The van der Waals surface area contributed by atoms with Crippen LogP contribution < -0.4 is 5.32 Å². The highest BCUT2D eigenvalue weighted by Crippen LogP contribution is 2.23. The zero-order valence-corrected chi connectivity index (χ0v) is 21.2. The fourth-order valence-corrected chi connectivity index (χ4v) is 3.75. The van der Waals surface area contributed by atoms with E-state index in [9.17, 15) is 0 Å². The minimum Gasteiger partial charge on any atom is -0.356 e. The first-order valence-corrected chi connectivity index (χ1v) is 10.6. The molecule has 0 amide bonds. The van der Waals surface area contributed by atoms with Crippen molar-refractivity contribution in [3.8, 4) is 0 Å². The average Bonchev–Trinajstić information content (AvgIpc) is 3.13. The lowest BCUT2D eigenvalue weighted by atomic mass is 10.1. The molecule has 3 rings (SSSR count). The van der Waals surface area contributed by atoms with Crippen LogP contribution in [-0.2, 0) is 6.42 Å². The summed E-state index contributed by atoms with van der Waals surface area (Å²) in [6, 6.07) is 9.05. The van der Waals surface area contributed by atoms with Gasteiger partial charge in [-0.05, 0) is 38.0 Å². The van der Waals surface area contributed by atoms with Gasteiger partial charge in [-0.25, -0.2) is 0 Å². The number of nitrogens with one attached hydrogen (secondary N) is 1. The lowest BCUT2D eigenvalue weighted by Gasteiger charge is -2.39. The molecule has 0 aliphatic carbocycles. The van der Waals surface area contributed by atoms with Crippen LogP contribution in [0.15, 0.2) is 38.3 Å². The molecule has 1 atom stereocenters. The Balaban J connectivity index is 0.00000300. The predicted molar refractivity (Wildman–Crippen MR) is 130 cm³/mol. The van der Waals surface area contributed by atoms with Gasteiger partial charge in [0.2, 0.25) is 5.89 Å². The Kier molecular flexibility index (Phi) is 9.84. The molecule has 0 spiro atoms. The molecule has 2 aromatic rings. The topological polar surface area (TPSA) is 69.8 Å². The van der Waals surface area contributed by atoms with Crippen LogP contribution in [0, 0.1) is 6.92 Å². The molecule has 7 nitrogen and oxygen atoms in total. The van der Waals surface area contributed by atoms with Gasteiger partial charge in [0.25, 0.3) is 0 Å². The predicted octanol–water partition coefficient (Wildman–Crippen LogP) is 3.65. The quantitative estimate of drug-likeness (QED) is 0.245. The second kappa shape index (κ2) is 11.8. The lowest BCUT2D eigenvalue weighted by Crippen LogP contribution is -2.53. The first-order chi connectivity index (χ1) is 13.6. The molecule has 1 unspecified atom stereocenters. The van der Waals surface area contributed by atoms with Crippen LogP contribution in [0.2, 0.25) is 0 Å². The fourth-order valence-electron chi connectivity index (χ4n) is 3.49. The number of benzene rings is 1. The standard InChI is InChI=1S/C20H29BrN6O.HI/c1-15(17-6-8-18(21)9-7-17)26-11-13-27(14-12-26)20(22-3)23-10-4-5-19-24-16(2)25-28-19;/h6-9,15H,4-5,10-14H2,1-3H3,(H,22,23);1H. The molecule has 0 radical (unpaired) electrons. The van der Waals surface area contributed by atoms with Crippen molar-refractivity contribution in [2.75, 3.05) is 39.8 Å². The van der Waals surface area contributed by atoms with Gasteiger partial charge in [-0.3, -0.25) is 9.89 Å². The van der Waals surface area contributed by atoms with Crippen molar-refractivity contribution in [2.45, 2.75) is 32.7 Å². The van der Waals surface area contributed by atoms with Crippen molar-refractivity contribution in [3.05, 3.63) is 46.0 Å². The van der Waals surface area contributed by atoms with Gasteiger partial charge < -0.3 is 14.7 Å². The summed E-state index contributed by atoms with van der Waals surface area (Å²) >= 11 is 3.51. The summed E-state index contributed by atoms with van der Waals surface area (Å²) < 4.78 is 6.28. The van der Waals surface area contributed by atoms with Crippen molar-refractivity contribution < 1.29 is 4.52 Å². The summed E-state index contributed by atoms with van der Waals surface area (Å²) in [5.41, 5.74) is 1.36. The SMILES string of the molecule is CN=C(NCCCc1nc(C)no1)N1CCN(C(C)c2ccc(Br)cc2)CC1.I. The second-order valence-electron chi connectivity index (χ2n) is 7.06. The molecular formula is C20H30BrIN6O. The summed E-state index contributed by atoms with van der Waals surface area (Å²) in [7, 11) is 1.85. The molecule has 1 aromatic heterocycles. The monoisotopic (exact) mass is 576 g/mol. The van der Waals surface area contributed by atoms with Crippen LogP contribution in [0.5, 0.6) is 0 Å². The fraction of sp³-hybridized carbons (Fsp3) is 0.550. The van der Waals surface area contributed by atoms with Crippen LogP contribution >= 0.6 is 39.9 Å².